The van der Waals surface area contributed by atoms with Crippen molar-refractivity contribution in [2.24, 2.45) is 17.3 Å². The van der Waals surface area contributed by atoms with Gasteiger partial charge in [0.05, 0.1) is 0 Å². The van der Waals surface area contributed by atoms with E-state index in [4.69, 9.17) is 4.43 Å². The minimum Gasteiger partial charge on any atom is -0.407 e. The fourth-order valence-electron chi connectivity index (χ4n) is 6.85. The maximum Gasteiger partial charge on any atom is 0.261 e. The number of hydrogen-bond donors (Lipinski definition) is 0. The summed E-state index contributed by atoms with van der Waals surface area (Å²) in [6.45, 7) is 13.0. The molecular formula is C30H42OSi. The van der Waals surface area contributed by atoms with Crippen LogP contribution in [0.15, 0.2) is 72.3 Å². The molecule has 0 spiro atoms. The maximum atomic E-state index is 7.19. The van der Waals surface area contributed by atoms with Crippen molar-refractivity contribution in [1.29, 1.82) is 0 Å². The van der Waals surface area contributed by atoms with Gasteiger partial charge in [-0.3, -0.25) is 0 Å². The third-order valence-electron chi connectivity index (χ3n) is 8.56. The highest BCUT2D eigenvalue weighted by Gasteiger charge is 2.50. The van der Waals surface area contributed by atoms with Crippen LogP contribution < -0.4 is 10.4 Å². The number of hydrogen-bond acceptors (Lipinski definition) is 1. The molecule has 2 heteroatoms. The Morgan fingerprint density at radius 3 is 2.16 bits per heavy atom. The number of benzene rings is 2. The fraction of sp³-hybridized carbons (Fsp3) is 0.533. The molecule has 0 unspecified atom stereocenters. The molecule has 0 aromatic heterocycles. The largest absolute Gasteiger partial charge is 0.407 e. The van der Waals surface area contributed by atoms with Gasteiger partial charge in [-0.05, 0) is 71.2 Å². The second-order valence-electron chi connectivity index (χ2n) is 11.5. The highest BCUT2D eigenvalue weighted by Crippen LogP contribution is 2.55. The first-order valence-electron chi connectivity index (χ1n) is 12.7. The van der Waals surface area contributed by atoms with Crippen LogP contribution in [0.2, 0.25) is 5.04 Å². The first-order chi connectivity index (χ1) is 15.3. The Kier molecular flexibility index (Phi) is 6.84. The van der Waals surface area contributed by atoms with Crippen molar-refractivity contribution in [3.05, 3.63) is 72.3 Å². The van der Waals surface area contributed by atoms with E-state index in [2.05, 4.69) is 101 Å². The summed E-state index contributed by atoms with van der Waals surface area (Å²) in [5, 5.41) is 2.82. The van der Waals surface area contributed by atoms with Crippen molar-refractivity contribution in [2.75, 3.05) is 6.61 Å². The molecule has 0 saturated heterocycles. The topological polar surface area (TPSA) is 9.23 Å². The maximum absolute atomic E-state index is 7.19. The van der Waals surface area contributed by atoms with Gasteiger partial charge in [0.1, 0.15) is 0 Å². The second kappa shape index (κ2) is 9.31. The molecule has 0 N–H and O–H groups in total. The Morgan fingerprint density at radius 2 is 1.59 bits per heavy atom. The third kappa shape index (κ3) is 4.17. The molecule has 0 bridgehead atoms. The molecule has 0 heterocycles. The summed E-state index contributed by atoms with van der Waals surface area (Å²) in [5.41, 5.74) is 2.20. The van der Waals surface area contributed by atoms with Gasteiger partial charge in [-0.25, -0.2) is 0 Å². The van der Waals surface area contributed by atoms with Crippen LogP contribution in [0.3, 0.4) is 0 Å². The summed E-state index contributed by atoms with van der Waals surface area (Å²) < 4.78 is 7.19. The minimum absolute atomic E-state index is 0.0531. The zero-order valence-corrected chi connectivity index (χ0v) is 21.9. The van der Waals surface area contributed by atoms with Gasteiger partial charge in [-0.1, -0.05) is 107 Å². The van der Waals surface area contributed by atoms with E-state index in [0.29, 0.717) is 11.3 Å². The average Bonchev–Trinajstić information content (AvgIpc) is 3.14. The predicted molar refractivity (Wildman–Crippen MR) is 140 cm³/mol. The van der Waals surface area contributed by atoms with Crippen molar-refractivity contribution < 1.29 is 4.43 Å². The van der Waals surface area contributed by atoms with Gasteiger partial charge in [-0.15, -0.1) is 0 Å². The summed E-state index contributed by atoms with van der Waals surface area (Å²) >= 11 is 0. The van der Waals surface area contributed by atoms with Crippen LogP contribution in [0.5, 0.6) is 0 Å². The number of rotatable bonds is 7. The van der Waals surface area contributed by atoms with Crippen LogP contribution in [0, 0.1) is 17.3 Å². The Hall–Kier alpha value is -1.64. The van der Waals surface area contributed by atoms with E-state index >= 15 is 0 Å². The summed E-state index contributed by atoms with van der Waals surface area (Å²) in [6.07, 6.45) is 10.4. The van der Waals surface area contributed by atoms with E-state index in [1.165, 1.54) is 42.5 Å². The summed E-state index contributed by atoms with van der Waals surface area (Å²) in [6, 6.07) is 22.1. The molecule has 0 aliphatic heterocycles. The monoisotopic (exact) mass is 446 g/mol. The molecule has 1 nitrogen and oxygen atoms in total. The molecule has 1 saturated carbocycles. The van der Waals surface area contributed by atoms with Crippen LogP contribution >= 0.6 is 0 Å². The normalized spacial score (nSPS) is 24.7. The summed E-state index contributed by atoms with van der Waals surface area (Å²) in [5.74, 6) is 1.50. The van der Waals surface area contributed by atoms with Crippen molar-refractivity contribution in [3.63, 3.8) is 0 Å². The van der Waals surface area contributed by atoms with Crippen molar-refractivity contribution in [1.82, 2.24) is 0 Å². The van der Waals surface area contributed by atoms with E-state index in [-0.39, 0.29) is 5.04 Å². The molecule has 172 valence electrons. The lowest BCUT2D eigenvalue weighted by molar-refractivity contribution is 0.149. The summed E-state index contributed by atoms with van der Waals surface area (Å²) in [7, 11) is -2.42. The van der Waals surface area contributed by atoms with Crippen LogP contribution in [-0.2, 0) is 4.43 Å². The first kappa shape index (κ1) is 23.5. The molecule has 0 radical (unpaired) electrons. The van der Waals surface area contributed by atoms with E-state index in [1.54, 1.807) is 5.57 Å². The lowest BCUT2D eigenvalue weighted by atomic mass is 9.66. The third-order valence-corrected chi connectivity index (χ3v) is 13.6. The molecule has 1 fully saturated rings. The quantitative estimate of drug-likeness (QED) is 0.325. The Morgan fingerprint density at radius 1 is 1.00 bits per heavy atom. The minimum atomic E-state index is -2.42. The van der Waals surface area contributed by atoms with Crippen LogP contribution in [-0.4, -0.2) is 14.9 Å². The van der Waals surface area contributed by atoms with Crippen molar-refractivity contribution in [3.8, 4) is 0 Å². The van der Waals surface area contributed by atoms with E-state index < -0.39 is 8.32 Å². The van der Waals surface area contributed by atoms with Gasteiger partial charge >= 0.3 is 0 Å². The second-order valence-corrected chi connectivity index (χ2v) is 15.8. The van der Waals surface area contributed by atoms with Gasteiger partial charge in [0.25, 0.3) is 8.32 Å². The Bertz CT molecular complexity index is 871. The Labute approximate surface area is 197 Å². The zero-order valence-electron chi connectivity index (χ0n) is 20.9. The molecule has 2 aliphatic carbocycles. The fourth-order valence-corrected chi connectivity index (χ4v) is 11.4. The van der Waals surface area contributed by atoms with Gasteiger partial charge in [0, 0.05) is 6.61 Å². The molecule has 2 aromatic rings. The van der Waals surface area contributed by atoms with Crippen molar-refractivity contribution in [2.45, 2.75) is 78.2 Å². The van der Waals surface area contributed by atoms with E-state index in [1.807, 2.05) is 0 Å². The number of fused-ring (bicyclic) bond motifs is 1. The Balaban J connectivity index is 1.58. The summed E-state index contributed by atoms with van der Waals surface area (Å²) in [4.78, 5) is 0. The molecule has 4 rings (SSSR count). The molecule has 0 amide bonds. The SMILES string of the molecule is C[C@H](CCO[Si](c1ccccc1)(c1ccccc1)C(C)(C)C)[C@H]1CCC2=CCCC[C@@]21C. The molecule has 32 heavy (non-hydrogen) atoms. The van der Waals surface area contributed by atoms with Crippen LogP contribution in [0.4, 0.5) is 0 Å². The van der Waals surface area contributed by atoms with Gasteiger partial charge < -0.3 is 4.43 Å². The van der Waals surface area contributed by atoms with Gasteiger partial charge in [0.15, 0.2) is 0 Å². The predicted octanol–water partition coefficient (Wildman–Crippen LogP) is 7.12. The molecule has 2 aromatic carbocycles. The lowest BCUT2D eigenvalue weighted by Crippen LogP contribution is -2.66. The highest BCUT2D eigenvalue weighted by molar-refractivity contribution is 6.99. The van der Waals surface area contributed by atoms with Crippen LogP contribution in [0.1, 0.15) is 73.1 Å². The van der Waals surface area contributed by atoms with Crippen molar-refractivity contribution >= 4 is 18.7 Å². The standard InChI is InChI=1S/C30H42OSi/c1-24(28-20-19-25-14-12-13-22-30(25,28)5)21-23-31-32(29(2,3)4,26-15-8-6-9-16-26)27-17-10-7-11-18-27/h6-11,14-18,24,28H,12-13,19-23H2,1-5H3/t24-,28-,30+/m1/s1. The van der Waals surface area contributed by atoms with Gasteiger partial charge in [0.2, 0.25) is 0 Å². The van der Waals surface area contributed by atoms with E-state index in [0.717, 1.165) is 18.9 Å². The zero-order chi connectivity index (χ0) is 22.8. The van der Waals surface area contributed by atoms with Gasteiger partial charge in [-0.2, -0.15) is 0 Å². The lowest BCUT2D eigenvalue weighted by Gasteiger charge is -2.44. The smallest absolute Gasteiger partial charge is 0.261 e. The average molecular weight is 447 g/mol. The first-order valence-corrected chi connectivity index (χ1v) is 14.6. The van der Waals surface area contributed by atoms with E-state index in [9.17, 15) is 0 Å². The molecular weight excluding hydrogens is 404 g/mol. The molecule has 2 aliphatic rings. The molecule has 3 atom stereocenters. The number of allylic oxidation sites excluding steroid dienone is 2. The highest BCUT2D eigenvalue weighted by atomic mass is 28.4. The van der Waals surface area contributed by atoms with Crippen LogP contribution in [0.25, 0.3) is 0 Å².